The molecule has 0 radical (unpaired) electrons. The highest BCUT2D eigenvalue weighted by Gasteiger charge is 2.45. The highest BCUT2D eigenvalue weighted by Crippen LogP contribution is 2.50. The van der Waals surface area contributed by atoms with Crippen LogP contribution in [0.15, 0.2) is 23.8 Å². The van der Waals surface area contributed by atoms with E-state index < -0.39 is 0 Å². The van der Waals surface area contributed by atoms with Crippen molar-refractivity contribution >= 4 is 5.97 Å². The van der Waals surface area contributed by atoms with E-state index in [1.165, 1.54) is 44.8 Å². The maximum atomic E-state index is 12.4. The zero-order valence-corrected chi connectivity index (χ0v) is 18.3. The van der Waals surface area contributed by atoms with Gasteiger partial charge in [0.2, 0.25) is 0 Å². The molecule has 3 saturated carbocycles. The van der Waals surface area contributed by atoms with E-state index in [0.29, 0.717) is 17.8 Å². The Morgan fingerprint density at radius 2 is 2.10 bits per heavy atom. The van der Waals surface area contributed by atoms with Gasteiger partial charge in [0.05, 0.1) is 25.7 Å². The van der Waals surface area contributed by atoms with Crippen LogP contribution in [0.25, 0.3) is 0 Å². The van der Waals surface area contributed by atoms with E-state index in [1.54, 1.807) is 6.08 Å². The van der Waals surface area contributed by atoms with Crippen LogP contribution in [0.1, 0.15) is 71.1 Å². The average Bonchev–Trinajstić information content (AvgIpc) is 3.39. The van der Waals surface area contributed by atoms with Gasteiger partial charge < -0.3 is 14.9 Å². The normalized spacial score (nSPS) is 36.8. The van der Waals surface area contributed by atoms with Crippen LogP contribution in [0.4, 0.5) is 0 Å². The monoisotopic (exact) mass is 404 g/mol. The number of fused-ring (bicyclic) bond motifs is 1. The first kappa shape index (κ1) is 22.6. The number of hydrogen-bond acceptors (Lipinski definition) is 4. The molecule has 0 spiro atoms. The molecule has 3 rings (SSSR count). The van der Waals surface area contributed by atoms with Gasteiger partial charge in [0.1, 0.15) is 0 Å². The first-order valence-electron chi connectivity index (χ1n) is 11.8. The maximum Gasteiger partial charge on any atom is 0.308 e. The Kier molecular flexibility index (Phi) is 8.37. The number of carbonyl (C=O) groups excluding carboxylic acids is 1. The van der Waals surface area contributed by atoms with Gasteiger partial charge in [0.15, 0.2) is 0 Å². The Morgan fingerprint density at radius 3 is 2.83 bits per heavy atom. The van der Waals surface area contributed by atoms with E-state index in [1.807, 2.05) is 6.08 Å². The number of hydrogen-bond donors (Lipinski definition) is 2. The largest absolute Gasteiger partial charge is 0.469 e. The highest BCUT2D eigenvalue weighted by atomic mass is 16.5. The summed E-state index contributed by atoms with van der Waals surface area (Å²) in [5.74, 6) is 2.54. The van der Waals surface area contributed by atoms with Gasteiger partial charge in [0, 0.05) is 5.92 Å². The van der Waals surface area contributed by atoms with Crippen LogP contribution in [-0.2, 0) is 9.53 Å². The Balaban J connectivity index is 1.54. The molecule has 4 nitrogen and oxygen atoms in total. The summed E-state index contributed by atoms with van der Waals surface area (Å²) in [5, 5.41) is 19.4. The Hall–Kier alpha value is -1.13. The van der Waals surface area contributed by atoms with Crippen molar-refractivity contribution in [2.75, 3.05) is 13.7 Å². The van der Waals surface area contributed by atoms with Gasteiger partial charge in [-0.25, -0.2) is 0 Å². The Labute approximate surface area is 176 Å². The Bertz CT molecular complexity index is 596. The van der Waals surface area contributed by atoms with Crippen LogP contribution in [0.5, 0.6) is 0 Å². The molecule has 3 unspecified atom stereocenters. The highest BCUT2D eigenvalue weighted by molar-refractivity contribution is 5.72. The summed E-state index contributed by atoms with van der Waals surface area (Å²) in [5.41, 5.74) is 1.49. The fourth-order valence-electron chi connectivity index (χ4n) is 6.47. The number of esters is 1. The SMILES string of the molecule is CCCC1CCC(C(CCC=C2C[C@@H]3C[C@@H](O)[C@H](C=CCO)[C@H]3C2)C(=O)OC)C1. The summed E-state index contributed by atoms with van der Waals surface area (Å²) >= 11 is 0. The molecular weight excluding hydrogens is 364 g/mol. The third kappa shape index (κ3) is 5.52. The van der Waals surface area contributed by atoms with Crippen molar-refractivity contribution in [1.82, 2.24) is 0 Å². The second-order valence-electron chi connectivity index (χ2n) is 9.62. The topological polar surface area (TPSA) is 66.8 Å². The molecule has 3 aliphatic rings. The third-order valence-corrected chi connectivity index (χ3v) is 7.84. The molecule has 0 heterocycles. The molecule has 3 fully saturated rings. The lowest BCUT2D eigenvalue weighted by Gasteiger charge is -2.21. The first-order valence-corrected chi connectivity index (χ1v) is 11.8. The quantitative estimate of drug-likeness (QED) is 0.433. The minimum absolute atomic E-state index is 0.0221. The van der Waals surface area contributed by atoms with E-state index in [-0.39, 0.29) is 30.5 Å². The maximum absolute atomic E-state index is 12.4. The number of methoxy groups -OCH3 is 1. The lowest BCUT2D eigenvalue weighted by Crippen LogP contribution is -2.23. The van der Waals surface area contributed by atoms with Gasteiger partial charge in [-0.05, 0) is 68.6 Å². The van der Waals surface area contributed by atoms with Crippen molar-refractivity contribution in [3.63, 3.8) is 0 Å². The number of rotatable bonds is 9. The van der Waals surface area contributed by atoms with Crippen LogP contribution >= 0.6 is 0 Å². The van der Waals surface area contributed by atoms with Crippen LogP contribution in [0, 0.1) is 35.5 Å². The molecule has 0 saturated heterocycles. The summed E-state index contributed by atoms with van der Waals surface area (Å²) in [6.07, 6.45) is 16.9. The number of aliphatic hydroxyl groups excluding tert-OH is 2. The van der Waals surface area contributed by atoms with E-state index in [9.17, 15) is 9.90 Å². The summed E-state index contributed by atoms with van der Waals surface area (Å²) in [7, 11) is 1.52. The molecule has 7 atom stereocenters. The van der Waals surface area contributed by atoms with Crippen molar-refractivity contribution in [2.45, 2.75) is 77.2 Å². The van der Waals surface area contributed by atoms with Crippen LogP contribution in [0.2, 0.25) is 0 Å². The molecule has 0 aromatic heterocycles. The minimum atomic E-state index is -0.267. The van der Waals surface area contributed by atoms with Gasteiger partial charge in [-0.15, -0.1) is 0 Å². The van der Waals surface area contributed by atoms with Gasteiger partial charge in [0.25, 0.3) is 0 Å². The van der Waals surface area contributed by atoms with Crippen LogP contribution in [-0.4, -0.2) is 36.0 Å². The number of aliphatic hydroxyl groups is 2. The molecule has 3 aliphatic carbocycles. The smallest absolute Gasteiger partial charge is 0.308 e. The average molecular weight is 405 g/mol. The third-order valence-electron chi connectivity index (χ3n) is 7.84. The molecule has 0 aromatic carbocycles. The van der Waals surface area contributed by atoms with E-state index >= 15 is 0 Å². The van der Waals surface area contributed by atoms with Gasteiger partial charge in [-0.1, -0.05) is 50.0 Å². The van der Waals surface area contributed by atoms with Crippen molar-refractivity contribution in [3.8, 4) is 0 Å². The van der Waals surface area contributed by atoms with E-state index in [2.05, 4.69) is 13.0 Å². The Morgan fingerprint density at radius 1 is 1.28 bits per heavy atom. The molecule has 164 valence electrons. The lowest BCUT2D eigenvalue weighted by atomic mass is 9.85. The standard InChI is InChI=1S/C25H40O4/c1-3-6-17-10-11-19(13-17)21(25(28)29-2)8-4-7-18-14-20-16-24(27)22(9-5-12-26)23(20)15-18/h5,7,9,17,19-24,26-27H,3-4,6,8,10-16H2,1-2H3/t17?,19?,20-,21?,22-,23+,24-/m1/s1. The van der Waals surface area contributed by atoms with Gasteiger partial charge in [-0.3, -0.25) is 4.79 Å². The fourth-order valence-corrected chi connectivity index (χ4v) is 6.47. The fraction of sp³-hybridized carbons (Fsp3) is 0.800. The molecule has 0 bridgehead atoms. The van der Waals surface area contributed by atoms with Crippen molar-refractivity contribution < 1.29 is 19.7 Å². The van der Waals surface area contributed by atoms with Crippen molar-refractivity contribution in [2.24, 2.45) is 35.5 Å². The summed E-state index contributed by atoms with van der Waals surface area (Å²) < 4.78 is 5.15. The second kappa shape index (κ2) is 10.8. The summed E-state index contributed by atoms with van der Waals surface area (Å²) in [6.45, 7) is 2.29. The molecular formula is C25H40O4. The molecule has 29 heavy (non-hydrogen) atoms. The van der Waals surface area contributed by atoms with Crippen molar-refractivity contribution in [3.05, 3.63) is 23.8 Å². The van der Waals surface area contributed by atoms with E-state index in [0.717, 1.165) is 38.0 Å². The number of carbonyl (C=O) groups is 1. The predicted molar refractivity (Wildman–Crippen MR) is 115 cm³/mol. The molecule has 0 aromatic rings. The number of ether oxygens (including phenoxy) is 1. The predicted octanol–water partition coefficient (Wildman–Crippen LogP) is 4.65. The zero-order valence-electron chi connectivity index (χ0n) is 18.3. The lowest BCUT2D eigenvalue weighted by molar-refractivity contribution is -0.147. The van der Waals surface area contributed by atoms with Crippen LogP contribution in [0.3, 0.4) is 0 Å². The molecule has 0 amide bonds. The van der Waals surface area contributed by atoms with Gasteiger partial charge in [-0.2, -0.15) is 0 Å². The molecule has 0 aliphatic heterocycles. The first-order chi connectivity index (χ1) is 14.1. The second-order valence-corrected chi connectivity index (χ2v) is 9.62. The summed E-state index contributed by atoms with van der Waals surface area (Å²) in [6, 6.07) is 0. The summed E-state index contributed by atoms with van der Waals surface area (Å²) in [4.78, 5) is 12.4. The van der Waals surface area contributed by atoms with Gasteiger partial charge >= 0.3 is 5.97 Å². The van der Waals surface area contributed by atoms with Crippen molar-refractivity contribution in [1.29, 1.82) is 0 Å². The molecule has 2 N–H and O–H groups in total. The number of allylic oxidation sites excluding steroid dienone is 2. The van der Waals surface area contributed by atoms with E-state index in [4.69, 9.17) is 9.84 Å². The van der Waals surface area contributed by atoms with Crippen LogP contribution < -0.4 is 0 Å². The zero-order chi connectivity index (χ0) is 20.8. The molecule has 4 heteroatoms. The minimum Gasteiger partial charge on any atom is -0.469 e.